The van der Waals surface area contributed by atoms with Gasteiger partial charge in [-0.2, -0.15) is 0 Å². The van der Waals surface area contributed by atoms with Gasteiger partial charge in [0.2, 0.25) is 11.8 Å². The zero-order valence-corrected chi connectivity index (χ0v) is 13.8. The lowest BCUT2D eigenvalue weighted by atomic mass is 9.86. The molecule has 0 radical (unpaired) electrons. The molecule has 1 aromatic rings. The average Bonchev–Trinajstić information content (AvgIpc) is 2.47. The highest BCUT2D eigenvalue weighted by Gasteiger charge is 2.38. The number of carbonyl (C=O) groups excluding carboxylic acids is 2. The van der Waals surface area contributed by atoms with Crippen LogP contribution in [0, 0.1) is 5.41 Å². The third-order valence-electron chi connectivity index (χ3n) is 3.41. The van der Waals surface area contributed by atoms with E-state index in [0.29, 0.717) is 22.3 Å². The second-order valence-corrected chi connectivity index (χ2v) is 7.11. The lowest BCUT2D eigenvalue weighted by Gasteiger charge is -2.32. The predicted molar refractivity (Wildman–Crippen MR) is 84.8 cm³/mol. The van der Waals surface area contributed by atoms with E-state index in [4.69, 9.17) is 23.2 Å². The normalized spacial score (nSPS) is 20.2. The fourth-order valence-electron chi connectivity index (χ4n) is 2.31. The molecule has 0 saturated carbocycles. The maximum absolute atomic E-state index is 12.8. The molecule has 2 amide bonds. The van der Waals surface area contributed by atoms with Gasteiger partial charge in [0.15, 0.2) is 0 Å². The minimum absolute atomic E-state index is 0.126. The maximum atomic E-state index is 12.8. The van der Waals surface area contributed by atoms with E-state index in [-0.39, 0.29) is 23.7 Å². The number of anilines is 1. The summed E-state index contributed by atoms with van der Waals surface area (Å²) < 4.78 is 0. The third-order valence-corrected chi connectivity index (χ3v) is 3.84. The molecule has 1 aromatic carbocycles. The number of rotatable bonds is 1. The lowest BCUT2D eigenvalue weighted by Crippen LogP contribution is -2.52. The molecule has 0 spiro atoms. The first-order valence-electron chi connectivity index (χ1n) is 6.75. The molecule has 0 aliphatic carbocycles. The van der Waals surface area contributed by atoms with Crippen LogP contribution in [-0.4, -0.2) is 24.4 Å². The molecule has 2 rings (SSSR count). The molecule has 1 fully saturated rings. The molecule has 4 nitrogen and oxygen atoms in total. The van der Waals surface area contributed by atoms with Gasteiger partial charge in [0, 0.05) is 28.7 Å². The summed E-state index contributed by atoms with van der Waals surface area (Å²) in [5.74, 6) is -0.273. The van der Waals surface area contributed by atoms with Gasteiger partial charge in [-0.1, -0.05) is 44.0 Å². The van der Waals surface area contributed by atoms with Crippen LogP contribution < -0.4 is 10.2 Å². The van der Waals surface area contributed by atoms with Crippen LogP contribution in [0.15, 0.2) is 18.2 Å². The zero-order valence-electron chi connectivity index (χ0n) is 12.2. The molecule has 1 atom stereocenters. The van der Waals surface area contributed by atoms with Crippen molar-refractivity contribution in [3.05, 3.63) is 28.2 Å². The molecule has 0 aromatic heterocycles. The van der Waals surface area contributed by atoms with E-state index in [9.17, 15) is 9.59 Å². The lowest BCUT2D eigenvalue weighted by molar-refractivity contribution is -0.127. The smallest absolute Gasteiger partial charge is 0.250 e. The van der Waals surface area contributed by atoms with E-state index in [1.165, 1.54) is 0 Å². The van der Waals surface area contributed by atoms with E-state index >= 15 is 0 Å². The summed E-state index contributed by atoms with van der Waals surface area (Å²) in [5, 5.41) is 3.72. The number of hydrogen-bond donors (Lipinski definition) is 1. The molecular formula is C15H18Cl2N2O2. The van der Waals surface area contributed by atoms with Gasteiger partial charge in [-0.25, -0.2) is 0 Å². The van der Waals surface area contributed by atoms with Crippen molar-refractivity contribution in [2.24, 2.45) is 5.41 Å². The Bertz CT molecular complexity index is 561. The van der Waals surface area contributed by atoms with E-state index in [1.54, 1.807) is 23.1 Å². The van der Waals surface area contributed by atoms with Gasteiger partial charge in [-0.15, -0.1) is 0 Å². The second kappa shape index (κ2) is 5.85. The largest absolute Gasteiger partial charge is 0.344 e. The number of hydrogen-bond acceptors (Lipinski definition) is 2. The molecule has 1 aliphatic rings. The molecule has 6 heteroatoms. The Morgan fingerprint density at radius 1 is 1.14 bits per heavy atom. The van der Waals surface area contributed by atoms with Crippen molar-refractivity contribution in [1.82, 2.24) is 5.32 Å². The van der Waals surface area contributed by atoms with Crippen LogP contribution >= 0.6 is 23.2 Å². The molecular weight excluding hydrogens is 311 g/mol. The van der Waals surface area contributed by atoms with Gasteiger partial charge in [0.05, 0.1) is 0 Å². The van der Waals surface area contributed by atoms with E-state index in [2.05, 4.69) is 5.32 Å². The molecule has 1 N–H and O–H groups in total. The van der Waals surface area contributed by atoms with Crippen LogP contribution in [0.4, 0.5) is 5.69 Å². The van der Waals surface area contributed by atoms with Crippen LogP contribution in [0.2, 0.25) is 10.0 Å². The first-order chi connectivity index (χ1) is 9.68. The highest BCUT2D eigenvalue weighted by molar-refractivity contribution is 6.35. The fraction of sp³-hybridized carbons (Fsp3) is 0.467. The van der Waals surface area contributed by atoms with Crippen molar-refractivity contribution >= 4 is 40.7 Å². The van der Waals surface area contributed by atoms with Gasteiger partial charge in [0.25, 0.3) is 0 Å². The summed E-state index contributed by atoms with van der Waals surface area (Å²) in [4.78, 5) is 26.2. The second-order valence-electron chi connectivity index (χ2n) is 6.23. The summed E-state index contributed by atoms with van der Waals surface area (Å²) in [5.41, 5.74) is 0.237. The number of benzene rings is 1. The minimum Gasteiger partial charge on any atom is -0.344 e. The van der Waals surface area contributed by atoms with Crippen molar-refractivity contribution < 1.29 is 9.59 Å². The summed E-state index contributed by atoms with van der Waals surface area (Å²) in [6.07, 6.45) is 0.252. The molecule has 1 saturated heterocycles. The molecule has 1 unspecified atom stereocenters. The molecule has 0 bridgehead atoms. The van der Waals surface area contributed by atoms with Crippen LogP contribution in [0.25, 0.3) is 0 Å². The fourth-order valence-corrected chi connectivity index (χ4v) is 2.83. The third kappa shape index (κ3) is 3.69. The highest BCUT2D eigenvalue weighted by atomic mass is 35.5. The van der Waals surface area contributed by atoms with Gasteiger partial charge in [-0.05, 0) is 23.6 Å². The molecule has 1 heterocycles. The van der Waals surface area contributed by atoms with Gasteiger partial charge < -0.3 is 10.2 Å². The highest BCUT2D eigenvalue weighted by Crippen LogP contribution is 2.29. The monoisotopic (exact) mass is 328 g/mol. The first-order valence-corrected chi connectivity index (χ1v) is 7.51. The molecule has 114 valence electrons. The van der Waals surface area contributed by atoms with Crippen LogP contribution in [0.1, 0.15) is 27.2 Å². The Morgan fingerprint density at radius 3 is 2.24 bits per heavy atom. The van der Waals surface area contributed by atoms with E-state index < -0.39 is 6.04 Å². The Morgan fingerprint density at radius 2 is 1.71 bits per heavy atom. The van der Waals surface area contributed by atoms with Crippen molar-refractivity contribution in [3.8, 4) is 0 Å². The molecule has 1 aliphatic heterocycles. The standard InChI is InChI=1S/C15H18Cl2N2O2/c1-15(2,3)13-14(21)19(5-4-12(20)18-13)11-7-9(16)6-10(17)8-11/h6-8,13H,4-5H2,1-3H3,(H,18,20). The Balaban J connectivity index is 2.42. The van der Waals surface area contributed by atoms with E-state index in [1.807, 2.05) is 20.8 Å². The van der Waals surface area contributed by atoms with Gasteiger partial charge in [0.1, 0.15) is 6.04 Å². The Kier molecular flexibility index (Phi) is 4.49. The first kappa shape index (κ1) is 16.1. The number of nitrogens with zero attached hydrogens (tertiary/aromatic N) is 1. The predicted octanol–water partition coefficient (Wildman–Crippen LogP) is 3.26. The summed E-state index contributed by atoms with van der Waals surface area (Å²) >= 11 is 12.0. The number of amides is 2. The van der Waals surface area contributed by atoms with Gasteiger partial charge >= 0.3 is 0 Å². The van der Waals surface area contributed by atoms with Crippen molar-refractivity contribution in [3.63, 3.8) is 0 Å². The quantitative estimate of drug-likeness (QED) is 0.860. The number of nitrogens with one attached hydrogen (secondary N) is 1. The summed E-state index contributed by atoms with van der Waals surface area (Å²) in [6.45, 7) is 6.08. The van der Waals surface area contributed by atoms with Gasteiger partial charge in [-0.3, -0.25) is 9.59 Å². The SMILES string of the molecule is CC(C)(C)C1NC(=O)CCN(c2cc(Cl)cc(Cl)c2)C1=O. The average molecular weight is 329 g/mol. The van der Waals surface area contributed by atoms with Crippen molar-refractivity contribution in [2.75, 3.05) is 11.4 Å². The maximum Gasteiger partial charge on any atom is 0.250 e. The minimum atomic E-state index is -0.578. The topological polar surface area (TPSA) is 49.4 Å². The number of carbonyl (C=O) groups is 2. The molecule has 21 heavy (non-hydrogen) atoms. The van der Waals surface area contributed by atoms with Crippen LogP contribution in [0.3, 0.4) is 0 Å². The van der Waals surface area contributed by atoms with Crippen molar-refractivity contribution in [1.29, 1.82) is 0 Å². The number of halogens is 2. The summed E-state index contributed by atoms with van der Waals surface area (Å²) in [6, 6.07) is 4.40. The zero-order chi connectivity index (χ0) is 15.8. The summed E-state index contributed by atoms with van der Waals surface area (Å²) in [7, 11) is 0. The van der Waals surface area contributed by atoms with Crippen LogP contribution in [-0.2, 0) is 9.59 Å². The van der Waals surface area contributed by atoms with Crippen LogP contribution in [0.5, 0.6) is 0 Å². The van der Waals surface area contributed by atoms with E-state index in [0.717, 1.165) is 0 Å². The van der Waals surface area contributed by atoms with Crippen molar-refractivity contribution in [2.45, 2.75) is 33.2 Å². The Hall–Kier alpha value is -1.26. The Labute approximate surface area is 134 Å².